The molecule has 0 unspecified atom stereocenters. The number of aliphatic hydroxyl groups is 1. The molecule has 1 amide bonds. The molecule has 3 rings (SSSR count). The Balaban J connectivity index is 1.91. The Kier molecular flexibility index (Phi) is 10.7. The van der Waals surface area contributed by atoms with Crippen molar-refractivity contribution in [2.24, 2.45) is 0 Å². The number of Topliss-reactive ketones (excluding diaryl/α,β-unsaturated/α-hetero) is 1. The van der Waals surface area contributed by atoms with Crippen LogP contribution >= 0.6 is 11.6 Å². The van der Waals surface area contributed by atoms with E-state index in [1.807, 2.05) is 52.5 Å². The van der Waals surface area contributed by atoms with E-state index in [4.69, 9.17) is 11.6 Å². The first kappa shape index (κ1) is 31.8. The van der Waals surface area contributed by atoms with Crippen LogP contribution < -0.4 is 9.80 Å². The molecule has 8 nitrogen and oxygen atoms in total. The number of ketones is 1. The van der Waals surface area contributed by atoms with Gasteiger partial charge in [-0.05, 0) is 56.2 Å². The smallest absolute Gasteiger partial charge is 0.218 e. The fraction of sp³-hybridized carbons (Fsp3) is 0.375. The molecule has 1 aliphatic heterocycles. The summed E-state index contributed by atoms with van der Waals surface area (Å²) in [6.07, 6.45) is 6.59. The van der Waals surface area contributed by atoms with Gasteiger partial charge in [-0.3, -0.25) is 19.4 Å². The van der Waals surface area contributed by atoms with Crippen LogP contribution in [0.1, 0.15) is 31.9 Å². The molecule has 0 atom stereocenters. The molecule has 220 valence electrons. The average molecular weight is 580 g/mol. The van der Waals surface area contributed by atoms with Crippen LogP contribution in [0.5, 0.6) is 0 Å². The first-order valence-corrected chi connectivity index (χ1v) is 14.0. The average Bonchev–Trinajstić information content (AvgIpc) is 2.92. The number of carbonyl (C=O) groups excluding carboxylic acids is 2. The summed E-state index contributed by atoms with van der Waals surface area (Å²) in [5.41, 5.74) is 3.34. The van der Waals surface area contributed by atoms with Crippen molar-refractivity contribution in [2.75, 3.05) is 64.2 Å². The van der Waals surface area contributed by atoms with E-state index in [1.54, 1.807) is 46.6 Å². The van der Waals surface area contributed by atoms with Crippen LogP contribution in [0.2, 0.25) is 5.02 Å². The van der Waals surface area contributed by atoms with E-state index in [-0.39, 0.29) is 16.9 Å². The van der Waals surface area contributed by atoms with E-state index in [1.165, 1.54) is 4.90 Å². The number of halogens is 1. The van der Waals surface area contributed by atoms with Gasteiger partial charge in [0.05, 0.1) is 22.5 Å². The van der Waals surface area contributed by atoms with Gasteiger partial charge in [0.1, 0.15) is 0 Å². The number of hydrogen-bond donors (Lipinski definition) is 1. The first-order chi connectivity index (χ1) is 19.3. The van der Waals surface area contributed by atoms with Crippen LogP contribution in [0.3, 0.4) is 0 Å². The van der Waals surface area contributed by atoms with Crippen LogP contribution in [-0.4, -0.2) is 91.9 Å². The fourth-order valence-electron chi connectivity index (χ4n) is 4.70. The van der Waals surface area contributed by atoms with Crippen LogP contribution in [0.15, 0.2) is 67.3 Å². The van der Waals surface area contributed by atoms with Gasteiger partial charge in [0, 0.05) is 89.8 Å². The molecule has 1 fully saturated rings. The Hall–Kier alpha value is -3.75. The number of aliphatic hydroxyl groups excluding tert-OH is 1. The largest absolute Gasteiger partial charge is 0.515 e. The van der Waals surface area contributed by atoms with Gasteiger partial charge >= 0.3 is 0 Å². The van der Waals surface area contributed by atoms with Gasteiger partial charge < -0.3 is 19.8 Å². The summed E-state index contributed by atoms with van der Waals surface area (Å²) in [5.74, 6) is -0.348. The Morgan fingerprint density at radius 3 is 2.10 bits per heavy atom. The maximum atomic E-state index is 13.9. The van der Waals surface area contributed by atoms with E-state index < -0.39 is 0 Å². The monoisotopic (exact) mass is 579 g/mol. The van der Waals surface area contributed by atoms with Crippen molar-refractivity contribution < 1.29 is 14.7 Å². The maximum absolute atomic E-state index is 13.9. The van der Waals surface area contributed by atoms with Gasteiger partial charge in [-0.15, -0.1) is 0 Å². The summed E-state index contributed by atoms with van der Waals surface area (Å²) < 4.78 is 0. The van der Waals surface area contributed by atoms with E-state index in [0.29, 0.717) is 33.8 Å². The fourth-order valence-corrected chi connectivity index (χ4v) is 4.98. The minimum atomic E-state index is -0.348. The van der Waals surface area contributed by atoms with Crippen LogP contribution in [-0.2, 0) is 9.59 Å². The standard InChI is InChI=1S/C32H42ClN5O3/c1-32(2,3)38-17-15-36(16-18-38)26-10-8-9-24(19-26)28(22-39)31(41)27(21-35(6)7)25-11-12-30(29(33)20-25)37(23-40)14-13-34(4)5/h8-14,19-23,39H,15-18H2,1-7H3/b14-13-,27-21-,28-22?. The van der Waals surface area contributed by atoms with Crippen LogP contribution in [0.4, 0.5) is 11.4 Å². The second-order valence-corrected chi connectivity index (χ2v) is 11.9. The molecular formula is C32H42ClN5O3. The van der Waals surface area contributed by atoms with E-state index in [2.05, 4.69) is 30.6 Å². The minimum absolute atomic E-state index is 0.123. The number of hydrogen-bond acceptors (Lipinski definition) is 7. The Morgan fingerprint density at radius 2 is 1.56 bits per heavy atom. The van der Waals surface area contributed by atoms with Crippen molar-refractivity contribution in [1.82, 2.24) is 14.7 Å². The summed E-state index contributed by atoms with van der Waals surface area (Å²) in [7, 11) is 7.35. The molecule has 9 heteroatoms. The summed E-state index contributed by atoms with van der Waals surface area (Å²) >= 11 is 6.61. The highest BCUT2D eigenvalue weighted by molar-refractivity contribution is 6.42. The van der Waals surface area contributed by atoms with Crippen molar-refractivity contribution in [3.63, 3.8) is 0 Å². The lowest BCUT2D eigenvalue weighted by Crippen LogP contribution is -2.53. The molecule has 41 heavy (non-hydrogen) atoms. The van der Waals surface area contributed by atoms with Crippen molar-refractivity contribution in [3.8, 4) is 0 Å². The number of nitrogens with zero attached hydrogens (tertiary/aromatic N) is 5. The predicted octanol–water partition coefficient (Wildman–Crippen LogP) is 5.33. The Bertz CT molecular complexity index is 1320. The number of allylic oxidation sites excluding steroid dienone is 2. The van der Waals surface area contributed by atoms with Gasteiger partial charge in [0.2, 0.25) is 6.41 Å². The molecule has 1 N–H and O–H groups in total. The summed E-state index contributed by atoms with van der Waals surface area (Å²) in [4.78, 5) is 35.4. The first-order valence-electron chi connectivity index (χ1n) is 13.6. The molecule has 0 spiro atoms. The van der Waals surface area contributed by atoms with Gasteiger partial charge in [-0.25, -0.2) is 0 Å². The second-order valence-electron chi connectivity index (χ2n) is 11.5. The minimum Gasteiger partial charge on any atom is -0.515 e. The third-order valence-electron chi connectivity index (χ3n) is 6.93. The van der Waals surface area contributed by atoms with Gasteiger partial charge in [0.25, 0.3) is 0 Å². The third kappa shape index (κ3) is 8.15. The lowest BCUT2D eigenvalue weighted by Gasteiger charge is -2.43. The number of carbonyl (C=O) groups is 2. The molecule has 0 aromatic heterocycles. The normalized spacial score (nSPS) is 15.3. The van der Waals surface area contributed by atoms with Crippen LogP contribution in [0.25, 0.3) is 11.1 Å². The topological polar surface area (TPSA) is 70.6 Å². The van der Waals surface area contributed by atoms with Crippen molar-refractivity contribution in [1.29, 1.82) is 0 Å². The Morgan fingerprint density at radius 1 is 0.902 bits per heavy atom. The highest BCUT2D eigenvalue weighted by atomic mass is 35.5. The van der Waals surface area contributed by atoms with E-state index in [0.717, 1.165) is 38.1 Å². The summed E-state index contributed by atoms with van der Waals surface area (Å²) in [6, 6.07) is 12.8. The molecule has 2 aromatic rings. The maximum Gasteiger partial charge on any atom is 0.218 e. The number of benzene rings is 2. The van der Waals surface area contributed by atoms with Crippen molar-refractivity contribution in [2.45, 2.75) is 26.3 Å². The molecule has 0 bridgehead atoms. The second kappa shape index (κ2) is 13.7. The van der Waals surface area contributed by atoms with Gasteiger partial charge in [-0.2, -0.15) is 0 Å². The quantitative estimate of drug-likeness (QED) is 0.232. The highest BCUT2D eigenvalue weighted by Gasteiger charge is 2.27. The predicted molar refractivity (Wildman–Crippen MR) is 170 cm³/mol. The lowest BCUT2D eigenvalue weighted by molar-refractivity contribution is -0.109. The number of anilines is 2. The Labute approximate surface area is 249 Å². The third-order valence-corrected chi connectivity index (χ3v) is 7.23. The van der Waals surface area contributed by atoms with Gasteiger partial charge in [-0.1, -0.05) is 29.8 Å². The molecular weight excluding hydrogens is 538 g/mol. The zero-order valence-corrected chi connectivity index (χ0v) is 25.9. The van der Waals surface area contributed by atoms with E-state index >= 15 is 0 Å². The van der Waals surface area contributed by atoms with Crippen molar-refractivity contribution >= 4 is 46.3 Å². The summed E-state index contributed by atoms with van der Waals surface area (Å²) in [5, 5.41) is 10.6. The molecule has 0 saturated carbocycles. The molecule has 1 saturated heterocycles. The zero-order valence-electron chi connectivity index (χ0n) is 25.1. The van der Waals surface area contributed by atoms with Crippen LogP contribution in [0, 0.1) is 0 Å². The SMILES string of the molecule is CN(C)/C=C\N(C=O)c1ccc(/C(=C/N(C)C)C(=O)C(=CO)c2cccc(N3CCN(C(C)(C)C)CC3)c2)cc1Cl. The molecule has 0 aliphatic carbocycles. The zero-order chi connectivity index (χ0) is 30.3. The summed E-state index contributed by atoms with van der Waals surface area (Å²) in [6.45, 7) is 10.4. The van der Waals surface area contributed by atoms with Gasteiger partial charge in [0.15, 0.2) is 5.78 Å². The molecule has 1 heterocycles. The molecule has 1 aliphatic rings. The number of rotatable bonds is 10. The number of piperazine rings is 1. The van der Waals surface area contributed by atoms with Crippen molar-refractivity contribution in [3.05, 3.63) is 83.5 Å². The number of amides is 1. The molecule has 2 aromatic carbocycles. The van der Waals surface area contributed by atoms with E-state index in [9.17, 15) is 14.7 Å². The highest BCUT2D eigenvalue weighted by Crippen LogP contribution is 2.33. The molecule has 0 radical (unpaired) electrons. The lowest BCUT2D eigenvalue weighted by atomic mass is 9.93.